The summed E-state index contributed by atoms with van der Waals surface area (Å²) < 4.78 is 8.64. The Morgan fingerprint density at radius 2 is 1.25 bits per heavy atom. The van der Waals surface area contributed by atoms with Gasteiger partial charge in [0, 0.05) is 22.4 Å². The van der Waals surface area contributed by atoms with Crippen LogP contribution in [0.3, 0.4) is 0 Å². The maximum absolute atomic E-state index is 13.1. The summed E-state index contributed by atoms with van der Waals surface area (Å²) in [7, 11) is 0. The molecule has 0 amide bonds. The monoisotopic (exact) mass is 464 g/mol. The molecular weight excluding hydrogens is 442 g/mol. The lowest BCUT2D eigenvalue weighted by atomic mass is 9.94. The second-order valence-electron chi connectivity index (χ2n) is 9.15. The van der Waals surface area contributed by atoms with Crippen LogP contribution in [0.2, 0.25) is 0 Å². The van der Waals surface area contributed by atoms with Gasteiger partial charge in [0.25, 0.3) is 0 Å². The fourth-order valence-electron chi connectivity index (χ4n) is 5.24. The van der Waals surface area contributed by atoms with Crippen LogP contribution in [-0.2, 0) is 6.54 Å². The summed E-state index contributed by atoms with van der Waals surface area (Å²) in [6.45, 7) is 0.190. The van der Waals surface area contributed by atoms with E-state index in [2.05, 4.69) is 54.6 Å². The van der Waals surface area contributed by atoms with Crippen molar-refractivity contribution in [3.63, 3.8) is 0 Å². The van der Waals surface area contributed by atoms with Crippen LogP contribution in [0.5, 0.6) is 11.6 Å². The van der Waals surface area contributed by atoms with E-state index in [-0.39, 0.29) is 12.3 Å². The van der Waals surface area contributed by atoms with Crippen LogP contribution in [0.4, 0.5) is 0 Å². The van der Waals surface area contributed by atoms with E-state index in [0.29, 0.717) is 11.4 Å². The summed E-state index contributed by atoms with van der Waals surface area (Å²) in [6.07, 6.45) is 1.94. The Hall–Kier alpha value is -4.76. The molecule has 0 atom stereocenters. The number of carbonyl (C=O) groups excluding carboxylic acids is 1. The molecule has 7 rings (SSSR count). The van der Waals surface area contributed by atoms with Gasteiger partial charge in [-0.25, -0.2) is 0 Å². The molecule has 0 spiro atoms. The van der Waals surface area contributed by atoms with Crippen molar-refractivity contribution in [2.45, 2.75) is 6.54 Å². The number of hydrogen-bond acceptors (Lipinski definition) is 2. The lowest BCUT2D eigenvalue weighted by Crippen LogP contribution is -2.39. The summed E-state index contributed by atoms with van der Waals surface area (Å²) in [4.78, 5) is 13.1. The topological polar surface area (TPSA) is 30.2 Å². The third-order valence-corrected chi connectivity index (χ3v) is 6.99. The fourth-order valence-corrected chi connectivity index (χ4v) is 5.24. The summed E-state index contributed by atoms with van der Waals surface area (Å²) >= 11 is 0. The van der Waals surface area contributed by atoms with Crippen molar-refractivity contribution in [2.24, 2.45) is 0 Å². The van der Waals surface area contributed by atoms with Crippen LogP contribution >= 0.6 is 0 Å². The average molecular weight is 465 g/mol. The van der Waals surface area contributed by atoms with E-state index >= 15 is 0 Å². The maximum Gasteiger partial charge on any atom is 0.381 e. The van der Waals surface area contributed by atoms with E-state index in [1.165, 1.54) is 26.9 Å². The van der Waals surface area contributed by atoms with E-state index in [0.717, 1.165) is 21.9 Å². The molecule has 0 aliphatic carbocycles. The number of Topliss-reactive ketones (excluding diaryl/α,β-unsaturated/α-hetero) is 1. The van der Waals surface area contributed by atoms with Crippen LogP contribution in [-0.4, -0.2) is 5.78 Å². The number of hydrogen-bond donors (Lipinski definition) is 0. The molecule has 0 radical (unpaired) electrons. The first-order valence-corrected chi connectivity index (χ1v) is 12.1. The molecule has 3 heteroatoms. The van der Waals surface area contributed by atoms with Gasteiger partial charge in [-0.05, 0) is 45.1 Å². The van der Waals surface area contributed by atoms with E-state index in [1.807, 2.05) is 71.4 Å². The first-order valence-electron chi connectivity index (χ1n) is 12.1. The summed E-state index contributed by atoms with van der Waals surface area (Å²) in [6, 6.07) is 38.8. The largest absolute Gasteiger partial charge is 0.404 e. The number of pyridine rings is 1. The number of fused-ring (bicyclic) bond motifs is 1. The minimum Gasteiger partial charge on any atom is -0.404 e. The Bertz CT molecular complexity index is 1890. The number of nitrogens with zero attached hydrogens (tertiary/aromatic N) is 1. The van der Waals surface area contributed by atoms with Gasteiger partial charge >= 0.3 is 5.88 Å². The summed E-state index contributed by atoms with van der Waals surface area (Å²) in [5, 5.41) is 9.17. The lowest BCUT2D eigenvalue weighted by Gasteiger charge is -2.14. The van der Waals surface area contributed by atoms with Crippen LogP contribution in [0.25, 0.3) is 43.1 Å². The van der Waals surface area contributed by atoms with E-state index in [4.69, 9.17) is 4.74 Å². The van der Waals surface area contributed by atoms with Gasteiger partial charge in [0.2, 0.25) is 12.3 Å². The van der Waals surface area contributed by atoms with Crippen LogP contribution in [0, 0.1) is 0 Å². The van der Waals surface area contributed by atoms with Crippen molar-refractivity contribution in [3.8, 4) is 11.6 Å². The molecule has 0 unspecified atom stereocenters. The number of benzene rings is 6. The molecule has 1 heterocycles. The van der Waals surface area contributed by atoms with Crippen molar-refractivity contribution in [1.29, 1.82) is 0 Å². The van der Waals surface area contributed by atoms with Gasteiger partial charge < -0.3 is 4.74 Å². The zero-order valence-electron chi connectivity index (χ0n) is 19.5. The standard InChI is InChI=1S/C33H22NO2/c35-29(23-8-2-1-3-9-23)21-34-20-19-22-7-4-5-12-27(22)33(34)36-30-18-16-26-14-13-24-10-6-11-25-15-17-28(30)32(26)31(24)25/h1-20H,21H2/q+1. The van der Waals surface area contributed by atoms with Crippen LogP contribution < -0.4 is 9.30 Å². The molecule has 0 bridgehead atoms. The predicted molar refractivity (Wildman–Crippen MR) is 145 cm³/mol. The summed E-state index contributed by atoms with van der Waals surface area (Å²) in [5.41, 5.74) is 0.687. The zero-order valence-corrected chi connectivity index (χ0v) is 19.5. The predicted octanol–water partition coefficient (Wildman–Crippen LogP) is 7.70. The number of aromatic nitrogens is 1. The molecule has 0 fully saturated rings. The van der Waals surface area contributed by atoms with E-state index in [1.54, 1.807) is 0 Å². The molecule has 170 valence electrons. The molecule has 6 aromatic carbocycles. The zero-order chi connectivity index (χ0) is 24.1. The molecule has 0 aliphatic rings. The van der Waals surface area contributed by atoms with Gasteiger partial charge in [-0.1, -0.05) is 91.0 Å². The normalized spacial score (nSPS) is 11.6. The molecule has 0 saturated heterocycles. The van der Waals surface area contributed by atoms with Crippen molar-refractivity contribution in [3.05, 3.63) is 127 Å². The SMILES string of the molecule is O=C(C[n+]1ccc2ccccc2c1Oc1ccc2ccc3cccc4ccc1c2c34)c1ccccc1. The number of rotatable bonds is 5. The number of ketones is 1. The third-order valence-electron chi connectivity index (χ3n) is 6.99. The van der Waals surface area contributed by atoms with Crippen LogP contribution in [0.15, 0.2) is 121 Å². The molecule has 1 aromatic heterocycles. The van der Waals surface area contributed by atoms with Crippen molar-refractivity contribution in [1.82, 2.24) is 0 Å². The number of carbonyl (C=O) groups is 1. The van der Waals surface area contributed by atoms with Crippen molar-refractivity contribution < 1.29 is 14.1 Å². The van der Waals surface area contributed by atoms with Gasteiger partial charge in [-0.2, -0.15) is 4.57 Å². The highest BCUT2D eigenvalue weighted by atomic mass is 16.5. The van der Waals surface area contributed by atoms with Gasteiger partial charge in [0.1, 0.15) is 5.75 Å². The third kappa shape index (κ3) is 3.29. The quantitative estimate of drug-likeness (QED) is 0.148. The maximum atomic E-state index is 13.1. The number of ether oxygens (including phenoxy) is 1. The molecular formula is C33H22NO2+. The minimum atomic E-state index is 0.0381. The molecule has 7 aromatic rings. The molecule has 0 aliphatic heterocycles. The Balaban J connectivity index is 1.41. The Morgan fingerprint density at radius 3 is 2.08 bits per heavy atom. The Labute approximate surface area is 208 Å². The highest BCUT2D eigenvalue weighted by molar-refractivity contribution is 6.24. The highest BCUT2D eigenvalue weighted by Gasteiger charge is 2.23. The Kier molecular flexibility index (Phi) is 4.68. The second kappa shape index (κ2) is 8.17. The van der Waals surface area contributed by atoms with Crippen molar-refractivity contribution >= 4 is 48.9 Å². The molecule has 3 nitrogen and oxygen atoms in total. The van der Waals surface area contributed by atoms with E-state index in [9.17, 15) is 4.79 Å². The van der Waals surface area contributed by atoms with Gasteiger partial charge in [0.15, 0.2) is 6.20 Å². The van der Waals surface area contributed by atoms with E-state index < -0.39 is 0 Å². The van der Waals surface area contributed by atoms with Gasteiger partial charge in [-0.3, -0.25) is 4.79 Å². The highest BCUT2D eigenvalue weighted by Crippen LogP contribution is 2.40. The van der Waals surface area contributed by atoms with Gasteiger partial charge in [0.05, 0.1) is 5.39 Å². The first kappa shape index (κ1) is 20.6. The van der Waals surface area contributed by atoms with Crippen LogP contribution in [0.1, 0.15) is 10.4 Å². The second-order valence-corrected chi connectivity index (χ2v) is 9.15. The fraction of sp³-hybridized carbons (Fsp3) is 0.0303. The lowest BCUT2D eigenvalue weighted by molar-refractivity contribution is -0.685. The smallest absolute Gasteiger partial charge is 0.381 e. The minimum absolute atomic E-state index is 0.0381. The first-order chi connectivity index (χ1) is 17.8. The molecule has 0 N–H and O–H groups in total. The Morgan fingerprint density at radius 1 is 0.583 bits per heavy atom. The summed E-state index contributed by atoms with van der Waals surface area (Å²) in [5.74, 6) is 1.47. The average Bonchev–Trinajstić information content (AvgIpc) is 2.94. The molecule has 0 saturated carbocycles. The van der Waals surface area contributed by atoms with Crippen molar-refractivity contribution in [2.75, 3.05) is 0 Å². The van der Waals surface area contributed by atoms with Gasteiger partial charge in [-0.15, -0.1) is 0 Å². The molecule has 36 heavy (non-hydrogen) atoms.